The van der Waals surface area contributed by atoms with Crippen LogP contribution in [-0.2, 0) is 4.74 Å². The second-order valence-electron chi connectivity index (χ2n) is 6.75. The number of ether oxygens (including phenoxy) is 1. The third kappa shape index (κ3) is 2.83. The van der Waals surface area contributed by atoms with Gasteiger partial charge >= 0.3 is 6.09 Å². The van der Waals surface area contributed by atoms with Crippen LogP contribution < -0.4 is 10.9 Å². The molecule has 1 aromatic heterocycles. The molecule has 7 nitrogen and oxygen atoms in total. The molecule has 132 valence electrons. The average Bonchev–Trinajstić information content (AvgIpc) is 2.89. The maximum absolute atomic E-state index is 12.2. The largest absolute Gasteiger partial charge is 0.450 e. The molecule has 2 aliphatic heterocycles. The summed E-state index contributed by atoms with van der Waals surface area (Å²) in [6.45, 7) is 2.24. The van der Waals surface area contributed by atoms with Crippen LogP contribution in [0, 0.1) is 0 Å². The Hall–Kier alpha value is -2.57. The Morgan fingerprint density at radius 2 is 1.96 bits per heavy atom. The summed E-state index contributed by atoms with van der Waals surface area (Å²) in [5, 5.41) is 11.7. The van der Waals surface area contributed by atoms with Crippen LogP contribution in [0.15, 0.2) is 29.1 Å². The molecule has 0 spiro atoms. The van der Waals surface area contributed by atoms with Crippen LogP contribution in [-0.4, -0.2) is 45.9 Å². The number of benzene rings is 1. The third-order valence-corrected chi connectivity index (χ3v) is 5.25. The van der Waals surface area contributed by atoms with Crippen molar-refractivity contribution in [2.45, 2.75) is 50.7 Å². The SMILES string of the molecule is CCOC(=O)N1[C@@H]2CC[C@H]1C[C@@H](Nc1n[nH]c(=O)c3ccccc13)C2. The number of H-pyrrole nitrogens is 1. The molecule has 25 heavy (non-hydrogen) atoms. The van der Waals surface area contributed by atoms with Crippen LogP contribution in [0.25, 0.3) is 10.8 Å². The van der Waals surface area contributed by atoms with E-state index in [0.717, 1.165) is 31.1 Å². The van der Waals surface area contributed by atoms with Crippen LogP contribution in [0.3, 0.4) is 0 Å². The van der Waals surface area contributed by atoms with Gasteiger partial charge in [-0.1, -0.05) is 18.2 Å². The highest BCUT2D eigenvalue weighted by molar-refractivity contribution is 5.90. The molecule has 2 aliphatic rings. The first-order chi connectivity index (χ1) is 12.2. The summed E-state index contributed by atoms with van der Waals surface area (Å²) in [6, 6.07) is 8.11. The molecule has 2 saturated heterocycles. The smallest absolute Gasteiger partial charge is 0.410 e. The Labute approximate surface area is 145 Å². The number of rotatable bonds is 3. The lowest BCUT2D eigenvalue weighted by atomic mass is 9.97. The molecule has 2 aromatic rings. The summed E-state index contributed by atoms with van der Waals surface area (Å²) in [6.07, 6.45) is 3.57. The molecule has 1 aromatic carbocycles. The van der Waals surface area contributed by atoms with Crippen molar-refractivity contribution >= 4 is 22.7 Å². The fraction of sp³-hybridized carbons (Fsp3) is 0.500. The lowest BCUT2D eigenvalue weighted by molar-refractivity contribution is 0.0711. The van der Waals surface area contributed by atoms with Crippen molar-refractivity contribution in [3.8, 4) is 0 Å². The van der Waals surface area contributed by atoms with Gasteiger partial charge < -0.3 is 15.0 Å². The zero-order valence-corrected chi connectivity index (χ0v) is 14.2. The summed E-state index contributed by atoms with van der Waals surface area (Å²) in [5.74, 6) is 0.698. The highest BCUT2D eigenvalue weighted by Crippen LogP contribution is 2.37. The van der Waals surface area contributed by atoms with Gasteiger partial charge in [0.25, 0.3) is 5.56 Å². The van der Waals surface area contributed by atoms with Gasteiger partial charge in [-0.3, -0.25) is 4.79 Å². The number of nitrogens with zero attached hydrogens (tertiary/aromatic N) is 2. The van der Waals surface area contributed by atoms with Crippen LogP contribution in [0.2, 0.25) is 0 Å². The highest BCUT2D eigenvalue weighted by atomic mass is 16.6. The van der Waals surface area contributed by atoms with Gasteiger partial charge in [0.05, 0.1) is 12.0 Å². The van der Waals surface area contributed by atoms with Crippen molar-refractivity contribution in [3.63, 3.8) is 0 Å². The first kappa shape index (κ1) is 15.9. The first-order valence-corrected chi connectivity index (χ1v) is 8.86. The number of nitrogens with one attached hydrogen (secondary N) is 2. The molecular weight excluding hydrogens is 320 g/mol. The van der Waals surface area contributed by atoms with E-state index in [1.54, 1.807) is 6.07 Å². The van der Waals surface area contributed by atoms with Gasteiger partial charge in [0.1, 0.15) is 0 Å². The molecule has 2 bridgehead atoms. The summed E-state index contributed by atoms with van der Waals surface area (Å²) in [5.41, 5.74) is -0.182. The zero-order valence-electron chi connectivity index (χ0n) is 14.2. The number of aromatic amines is 1. The zero-order chi connectivity index (χ0) is 17.4. The molecule has 1 amide bonds. The third-order valence-electron chi connectivity index (χ3n) is 5.25. The van der Waals surface area contributed by atoms with Gasteiger partial charge in [0.15, 0.2) is 5.82 Å². The quantitative estimate of drug-likeness (QED) is 0.895. The summed E-state index contributed by atoms with van der Waals surface area (Å²) >= 11 is 0. The van der Waals surface area contributed by atoms with E-state index in [9.17, 15) is 9.59 Å². The molecule has 2 fully saturated rings. The summed E-state index contributed by atoms with van der Waals surface area (Å²) in [7, 11) is 0. The van der Waals surface area contributed by atoms with Crippen molar-refractivity contribution in [1.82, 2.24) is 15.1 Å². The van der Waals surface area contributed by atoms with E-state index in [4.69, 9.17) is 4.74 Å². The van der Waals surface area contributed by atoms with Crippen molar-refractivity contribution < 1.29 is 9.53 Å². The lowest BCUT2D eigenvalue weighted by Crippen LogP contribution is -2.50. The van der Waals surface area contributed by atoms with Crippen LogP contribution in [0.1, 0.15) is 32.6 Å². The van der Waals surface area contributed by atoms with Gasteiger partial charge in [0, 0.05) is 23.5 Å². The number of hydrogen-bond donors (Lipinski definition) is 2. The van der Waals surface area contributed by atoms with Gasteiger partial charge in [-0.15, -0.1) is 0 Å². The van der Waals surface area contributed by atoms with Crippen molar-refractivity contribution in [2.75, 3.05) is 11.9 Å². The number of anilines is 1. The molecule has 3 heterocycles. The second-order valence-corrected chi connectivity index (χ2v) is 6.75. The standard InChI is InChI=1S/C18H22N4O3/c1-2-25-18(24)22-12-7-8-13(22)10-11(9-12)19-16-14-5-3-4-6-15(14)17(23)21-20-16/h3-6,11-13H,2,7-10H2,1H3,(H,19,20)(H,21,23)/t11-,12+,13-. The van der Waals surface area contributed by atoms with E-state index in [1.807, 2.05) is 30.0 Å². The van der Waals surface area contributed by atoms with Gasteiger partial charge in [-0.25, -0.2) is 9.89 Å². The monoisotopic (exact) mass is 342 g/mol. The van der Waals surface area contributed by atoms with Crippen molar-refractivity contribution in [1.29, 1.82) is 0 Å². The fourth-order valence-electron chi connectivity index (χ4n) is 4.21. The number of carbonyl (C=O) groups excluding carboxylic acids is 1. The molecule has 0 radical (unpaired) electrons. The van der Waals surface area contributed by atoms with Crippen molar-refractivity contribution in [3.05, 3.63) is 34.6 Å². The molecule has 2 N–H and O–H groups in total. The van der Waals surface area contributed by atoms with Gasteiger partial charge in [0.2, 0.25) is 0 Å². The topological polar surface area (TPSA) is 87.3 Å². The molecule has 0 aliphatic carbocycles. The van der Waals surface area contributed by atoms with Crippen LogP contribution >= 0.6 is 0 Å². The number of carbonyl (C=O) groups is 1. The number of piperidine rings is 1. The number of aromatic nitrogens is 2. The minimum Gasteiger partial charge on any atom is -0.450 e. The Balaban J connectivity index is 1.54. The molecule has 7 heteroatoms. The Kier molecular flexibility index (Phi) is 4.07. The van der Waals surface area contributed by atoms with Gasteiger partial charge in [-0.2, -0.15) is 5.10 Å². The molecule has 0 saturated carbocycles. The summed E-state index contributed by atoms with van der Waals surface area (Å²) < 4.78 is 5.20. The second kappa shape index (κ2) is 6.38. The number of amides is 1. The van der Waals surface area contributed by atoms with Crippen molar-refractivity contribution in [2.24, 2.45) is 0 Å². The minimum absolute atomic E-state index is 0.182. The normalized spacial score (nSPS) is 25.2. The van der Waals surface area contributed by atoms with Gasteiger partial charge in [-0.05, 0) is 38.7 Å². The van der Waals surface area contributed by atoms with E-state index in [1.165, 1.54) is 0 Å². The average molecular weight is 342 g/mol. The predicted molar refractivity (Wildman–Crippen MR) is 94.7 cm³/mol. The first-order valence-electron chi connectivity index (χ1n) is 8.86. The Bertz CT molecular complexity index is 836. The van der Waals surface area contributed by atoms with E-state index >= 15 is 0 Å². The van der Waals surface area contributed by atoms with E-state index in [0.29, 0.717) is 17.8 Å². The maximum atomic E-state index is 12.2. The van der Waals surface area contributed by atoms with Crippen LogP contribution in [0.4, 0.5) is 10.6 Å². The molecular formula is C18H22N4O3. The molecule has 4 rings (SSSR count). The van der Waals surface area contributed by atoms with E-state index < -0.39 is 0 Å². The predicted octanol–water partition coefficient (Wildman–Crippen LogP) is 2.49. The fourth-order valence-corrected chi connectivity index (χ4v) is 4.21. The van der Waals surface area contributed by atoms with Crippen LogP contribution in [0.5, 0.6) is 0 Å². The number of fused-ring (bicyclic) bond motifs is 3. The Morgan fingerprint density at radius 3 is 2.64 bits per heavy atom. The molecule has 3 atom stereocenters. The minimum atomic E-state index is -0.193. The number of hydrogen-bond acceptors (Lipinski definition) is 5. The maximum Gasteiger partial charge on any atom is 0.410 e. The molecule has 0 unspecified atom stereocenters. The van der Waals surface area contributed by atoms with E-state index in [2.05, 4.69) is 15.5 Å². The highest BCUT2D eigenvalue weighted by Gasteiger charge is 2.44. The lowest BCUT2D eigenvalue weighted by Gasteiger charge is -2.38. The van der Waals surface area contributed by atoms with E-state index in [-0.39, 0.29) is 29.8 Å². The Morgan fingerprint density at radius 1 is 1.28 bits per heavy atom. The summed E-state index contributed by atoms with van der Waals surface area (Å²) in [4.78, 5) is 26.0.